The van der Waals surface area contributed by atoms with Crippen molar-refractivity contribution in [1.82, 2.24) is 0 Å². The fourth-order valence-corrected chi connectivity index (χ4v) is 7.82. The van der Waals surface area contributed by atoms with E-state index in [0.717, 1.165) is 0 Å². The average molecular weight is 922 g/mol. The summed E-state index contributed by atoms with van der Waals surface area (Å²) in [6.45, 7) is 6.70. The Morgan fingerprint density at radius 3 is 1.82 bits per heavy atom. The highest BCUT2D eigenvalue weighted by atomic mass is 16.7. The van der Waals surface area contributed by atoms with Crippen molar-refractivity contribution < 1.29 is 84.4 Å². The normalized spacial score (nSPS) is 44.4. The average Bonchev–Trinajstić information content (AvgIpc) is 3.21. The van der Waals surface area contributed by atoms with Crippen LogP contribution in [0.3, 0.4) is 0 Å². The third-order valence-corrected chi connectivity index (χ3v) is 11.9. The van der Waals surface area contributed by atoms with Gasteiger partial charge in [-0.15, -0.1) is 0 Å². The van der Waals surface area contributed by atoms with Gasteiger partial charge in [-0.05, 0) is 20.3 Å². The summed E-state index contributed by atoms with van der Waals surface area (Å²) in [5.74, 6) is -7.51. The minimum atomic E-state index is -2.38. The first-order chi connectivity index (χ1) is 30.6. The Morgan fingerprint density at radius 2 is 1.23 bits per heavy atom. The van der Waals surface area contributed by atoms with Gasteiger partial charge in [-0.3, -0.25) is 14.4 Å². The molecule has 0 aromatic carbocycles. The zero-order valence-electron chi connectivity index (χ0n) is 37.5. The Morgan fingerprint density at radius 1 is 0.692 bits per heavy atom. The van der Waals surface area contributed by atoms with Gasteiger partial charge in [0.25, 0.3) is 0 Å². The number of carbonyl (C=O) groups is 3. The quantitative estimate of drug-likeness (QED) is 0.175. The molecule has 2 bridgehead atoms. The van der Waals surface area contributed by atoms with Crippen LogP contribution in [-0.4, -0.2) is 160 Å². The number of nitrogens with two attached hydrogens (primary N) is 1. The van der Waals surface area contributed by atoms with E-state index in [1.54, 1.807) is 86.8 Å². The van der Waals surface area contributed by atoms with E-state index in [0.29, 0.717) is 0 Å². The lowest BCUT2D eigenvalue weighted by Gasteiger charge is -2.45. The minimum absolute atomic E-state index is 0.291. The Balaban J connectivity index is 1.86. The molecule has 366 valence electrons. The van der Waals surface area contributed by atoms with Crippen LogP contribution in [0.25, 0.3) is 0 Å². The summed E-state index contributed by atoms with van der Waals surface area (Å²) in [4.78, 5) is 37.8. The number of carbonyl (C=O) groups excluding carboxylic acids is 2. The molecule has 18 nitrogen and oxygen atoms in total. The van der Waals surface area contributed by atoms with Crippen molar-refractivity contribution in [1.29, 1.82) is 0 Å². The SMILES string of the molecule is CC1\C=C/C=C/C=C/C=C/C=C/C=C/C=C/C(OC2OC(C)C(O)C(N)C2O)CC2OC(O)(CC(O)C(O)CCC(=O)CC(O)CC(O)CC(=O)OC(C)C(C)C1O)CC(O)C2C(=O)O. The lowest BCUT2D eigenvalue weighted by molar-refractivity contribution is -0.310. The predicted octanol–water partition coefficient (Wildman–Crippen LogP) is 0.920. The van der Waals surface area contributed by atoms with Gasteiger partial charge in [0.15, 0.2) is 12.1 Å². The Kier molecular flexibility index (Phi) is 23.2. The molecule has 2 saturated heterocycles. The topological polar surface area (TPSA) is 316 Å². The van der Waals surface area contributed by atoms with E-state index < -0.39 is 147 Å². The predicted molar refractivity (Wildman–Crippen MR) is 236 cm³/mol. The molecule has 12 N–H and O–H groups in total. The van der Waals surface area contributed by atoms with Crippen LogP contribution in [0, 0.1) is 17.8 Å². The van der Waals surface area contributed by atoms with Gasteiger partial charge in [0.2, 0.25) is 0 Å². The van der Waals surface area contributed by atoms with Gasteiger partial charge in [0.05, 0.1) is 73.5 Å². The van der Waals surface area contributed by atoms with E-state index in [-0.39, 0.29) is 31.6 Å². The molecule has 65 heavy (non-hydrogen) atoms. The second kappa shape index (κ2) is 27.2. The van der Waals surface area contributed by atoms with E-state index in [9.17, 15) is 65.4 Å². The Labute approximate surface area is 380 Å². The summed E-state index contributed by atoms with van der Waals surface area (Å²) in [7, 11) is 0. The van der Waals surface area contributed by atoms with E-state index in [2.05, 4.69) is 0 Å². The number of aliphatic hydroxyl groups excluding tert-OH is 8. The molecule has 0 spiro atoms. The number of rotatable bonds is 3. The number of hydrogen-bond acceptors (Lipinski definition) is 17. The number of aliphatic carboxylic acids is 1. The van der Waals surface area contributed by atoms with Crippen molar-refractivity contribution in [3.8, 4) is 0 Å². The summed E-state index contributed by atoms with van der Waals surface area (Å²) < 4.78 is 23.1. The maximum Gasteiger partial charge on any atom is 0.311 e. The number of Topliss-reactive ketones (excluding diaryl/α,β-unsaturated/α-hetero) is 1. The molecule has 0 aliphatic carbocycles. The second-order valence-corrected chi connectivity index (χ2v) is 17.4. The second-order valence-electron chi connectivity index (χ2n) is 17.4. The van der Waals surface area contributed by atoms with Crippen LogP contribution in [-0.2, 0) is 33.3 Å². The smallest absolute Gasteiger partial charge is 0.311 e. The Hall–Kier alpha value is -3.73. The third-order valence-electron chi connectivity index (χ3n) is 11.9. The summed E-state index contributed by atoms with van der Waals surface area (Å²) in [5, 5.41) is 107. The first kappa shape index (κ1) is 55.6. The molecular weight excluding hydrogens is 851 g/mol. The van der Waals surface area contributed by atoms with Crippen molar-refractivity contribution in [3.63, 3.8) is 0 Å². The standard InChI is InChI=1S/C47H71NO17/c1-27-17-15-13-11-9-7-5-6-8-10-12-14-16-18-34(64-46-44(58)41(48)43(57)30(4)63-46)24-38-40(45(59)60)37(54)26-47(61,65-38)25-36(53)35(52)20-19-31(49)21-32(50)22-33(51)23-39(55)62-29(3)28(2)42(27)56/h5-18,27-30,32-38,40-44,46,50-54,56-58,61H,19-26,48H2,1-4H3,(H,59,60)/b6-5+,9-7+,10-8+,13-11+,14-12+,17-15-,18-16+. The number of ketones is 1. The molecule has 3 aliphatic rings. The van der Waals surface area contributed by atoms with Crippen LogP contribution >= 0.6 is 0 Å². The number of hydrogen-bond donors (Lipinski definition) is 11. The van der Waals surface area contributed by atoms with Crippen molar-refractivity contribution in [2.75, 3.05) is 0 Å². The van der Waals surface area contributed by atoms with Crippen molar-refractivity contribution in [2.24, 2.45) is 23.5 Å². The van der Waals surface area contributed by atoms with Gasteiger partial charge in [-0.1, -0.05) is 98.9 Å². The maximum absolute atomic E-state index is 12.7. The van der Waals surface area contributed by atoms with E-state index in [1.165, 1.54) is 13.0 Å². The summed E-state index contributed by atoms with van der Waals surface area (Å²) in [6, 6.07) is -1.15. The van der Waals surface area contributed by atoms with E-state index >= 15 is 0 Å². The highest BCUT2D eigenvalue weighted by Crippen LogP contribution is 2.38. The first-order valence-corrected chi connectivity index (χ1v) is 22.2. The first-order valence-electron chi connectivity index (χ1n) is 22.2. The van der Waals surface area contributed by atoms with Crippen LogP contribution in [0.4, 0.5) is 0 Å². The molecule has 18 heteroatoms. The zero-order valence-corrected chi connectivity index (χ0v) is 37.5. The minimum Gasteiger partial charge on any atom is -0.481 e. The highest BCUT2D eigenvalue weighted by molar-refractivity contribution is 5.78. The zero-order chi connectivity index (χ0) is 48.4. The molecule has 2 fully saturated rings. The number of carboxylic acids is 1. The number of ether oxygens (including phenoxy) is 4. The van der Waals surface area contributed by atoms with Gasteiger partial charge in [0, 0.05) is 50.4 Å². The molecule has 0 aromatic rings. The third kappa shape index (κ3) is 18.5. The number of allylic oxidation sites excluding steroid dienone is 12. The van der Waals surface area contributed by atoms with Gasteiger partial charge in [-0.2, -0.15) is 0 Å². The largest absolute Gasteiger partial charge is 0.481 e. The van der Waals surface area contributed by atoms with Gasteiger partial charge in [0.1, 0.15) is 23.9 Å². The highest BCUT2D eigenvalue weighted by Gasteiger charge is 2.51. The molecule has 3 aliphatic heterocycles. The van der Waals surface area contributed by atoms with Crippen LogP contribution in [0.5, 0.6) is 0 Å². The molecule has 18 unspecified atom stereocenters. The molecule has 3 rings (SSSR count). The number of fused-ring (bicyclic) bond motifs is 2. The fraction of sp³-hybridized carbons (Fsp3) is 0.638. The molecule has 0 amide bonds. The van der Waals surface area contributed by atoms with Gasteiger partial charge in [-0.25, -0.2) is 0 Å². The molecule has 3 heterocycles. The molecule has 18 atom stereocenters. The maximum atomic E-state index is 12.7. The number of cyclic esters (lactones) is 1. The number of esters is 1. The van der Waals surface area contributed by atoms with Gasteiger partial charge >= 0.3 is 11.9 Å². The Bertz CT molecular complexity index is 1710. The van der Waals surface area contributed by atoms with Gasteiger partial charge < -0.3 is 75.7 Å². The summed E-state index contributed by atoms with van der Waals surface area (Å²) in [5.41, 5.74) is 6.01. The lowest BCUT2D eigenvalue weighted by Crippen LogP contribution is -2.61. The van der Waals surface area contributed by atoms with E-state index in [1.807, 2.05) is 13.0 Å². The lowest BCUT2D eigenvalue weighted by atomic mass is 9.82. The monoisotopic (exact) mass is 921 g/mol. The van der Waals surface area contributed by atoms with Crippen LogP contribution in [0.1, 0.15) is 79.1 Å². The van der Waals surface area contributed by atoms with Crippen molar-refractivity contribution in [2.45, 2.75) is 170 Å². The fourth-order valence-electron chi connectivity index (χ4n) is 7.82. The molecule has 0 radical (unpaired) electrons. The summed E-state index contributed by atoms with van der Waals surface area (Å²) >= 11 is 0. The van der Waals surface area contributed by atoms with Crippen molar-refractivity contribution >= 4 is 17.7 Å². The van der Waals surface area contributed by atoms with Crippen molar-refractivity contribution in [3.05, 3.63) is 85.1 Å². The number of carboxylic acid groups (broad SMARTS) is 1. The van der Waals surface area contributed by atoms with Crippen LogP contribution in [0.15, 0.2) is 85.1 Å². The molecule has 0 saturated carbocycles. The van der Waals surface area contributed by atoms with Crippen LogP contribution in [0.2, 0.25) is 0 Å². The summed E-state index contributed by atoms with van der Waals surface area (Å²) in [6.07, 6.45) is 3.67. The molecular formula is C47H71NO17. The number of aliphatic hydroxyl groups is 9. The van der Waals surface area contributed by atoms with E-state index in [4.69, 9.17) is 24.7 Å². The van der Waals surface area contributed by atoms with Crippen LogP contribution < -0.4 is 5.73 Å². The molecule has 0 aromatic heterocycles.